The van der Waals surface area contributed by atoms with Gasteiger partial charge in [0.15, 0.2) is 0 Å². The number of benzene rings is 1. The van der Waals surface area contributed by atoms with Crippen molar-refractivity contribution in [3.05, 3.63) is 35.9 Å². The molecule has 0 bridgehead atoms. The maximum absolute atomic E-state index is 9.85. The van der Waals surface area contributed by atoms with Gasteiger partial charge in [-0.2, -0.15) is 0 Å². The summed E-state index contributed by atoms with van der Waals surface area (Å²) in [5.41, 5.74) is 1.26. The molecule has 1 N–H and O–H groups in total. The first-order valence-corrected chi connectivity index (χ1v) is 6.69. The Morgan fingerprint density at radius 2 is 2.06 bits per heavy atom. The van der Waals surface area contributed by atoms with E-state index in [-0.39, 0.29) is 12.0 Å². The molecular weight excluding hydrogens is 210 g/mol. The molecule has 2 nitrogen and oxygen atoms in total. The fourth-order valence-electron chi connectivity index (χ4n) is 2.98. The first-order chi connectivity index (χ1) is 8.30. The monoisotopic (exact) mass is 233 g/mol. The summed E-state index contributed by atoms with van der Waals surface area (Å²) in [6, 6.07) is 10.5. The molecule has 1 atom stereocenters. The molecule has 0 aliphatic carbocycles. The predicted octanol–water partition coefficient (Wildman–Crippen LogP) is 2.42. The van der Waals surface area contributed by atoms with Gasteiger partial charge in [0, 0.05) is 12.0 Å². The topological polar surface area (TPSA) is 23.5 Å². The van der Waals surface area contributed by atoms with Gasteiger partial charge in [-0.25, -0.2) is 0 Å². The van der Waals surface area contributed by atoms with E-state index in [0.717, 1.165) is 19.5 Å². The third-order valence-corrected chi connectivity index (χ3v) is 3.88. The van der Waals surface area contributed by atoms with Crippen molar-refractivity contribution in [3.63, 3.8) is 0 Å². The number of likely N-dealkylation sites (tertiary alicyclic amines) is 1. The van der Waals surface area contributed by atoms with Crippen LogP contribution in [0, 0.1) is 0 Å². The van der Waals surface area contributed by atoms with Crippen LogP contribution in [0.15, 0.2) is 30.3 Å². The van der Waals surface area contributed by atoms with E-state index < -0.39 is 0 Å². The molecule has 0 radical (unpaired) electrons. The largest absolute Gasteiger partial charge is 0.395 e. The summed E-state index contributed by atoms with van der Waals surface area (Å²) >= 11 is 0. The molecule has 0 saturated carbocycles. The second-order valence-corrected chi connectivity index (χ2v) is 5.18. The first-order valence-electron chi connectivity index (χ1n) is 6.69. The summed E-state index contributed by atoms with van der Waals surface area (Å²) in [5, 5.41) is 9.85. The third kappa shape index (κ3) is 2.70. The van der Waals surface area contributed by atoms with Crippen molar-refractivity contribution < 1.29 is 5.11 Å². The van der Waals surface area contributed by atoms with E-state index in [1.54, 1.807) is 0 Å². The van der Waals surface area contributed by atoms with Gasteiger partial charge in [0.2, 0.25) is 0 Å². The maximum Gasteiger partial charge on any atom is 0.0540 e. The Kier molecular flexibility index (Phi) is 4.19. The van der Waals surface area contributed by atoms with Gasteiger partial charge in [0.25, 0.3) is 0 Å². The minimum atomic E-state index is -0.0331. The van der Waals surface area contributed by atoms with E-state index >= 15 is 0 Å². The van der Waals surface area contributed by atoms with Crippen LogP contribution in [0.25, 0.3) is 0 Å². The third-order valence-electron chi connectivity index (χ3n) is 3.88. The lowest BCUT2D eigenvalue weighted by Gasteiger charge is -2.42. The van der Waals surface area contributed by atoms with E-state index in [2.05, 4.69) is 36.1 Å². The molecule has 17 heavy (non-hydrogen) atoms. The lowest BCUT2D eigenvalue weighted by atomic mass is 9.75. The molecule has 94 valence electrons. The molecular formula is C15H23NO. The van der Waals surface area contributed by atoms with Gasteiger partial charge in [0.05, 0.1) is 6.61 Å². The zero-order valence-electron chi connectivity index (χ0n) is 10.7. The quantitative estimate of drug-likeness (QED) is 0.863. The number of hydrogen-bond acceptors (Lipinski definition) is 2. The fourth-order valence-corrected chi connectivity index (χ4v) is 2.98. The average molecular weight is 233 g/mol. The molecule has 1 aromatic carbocycles. The molecule has 1 fully saturated rings. The molecule has 1 heterocycles. The summed E-state index contributed by atoms with van der Waals surface area (Å²) in [6.07, 6.45) is 3.49. The molecule has 1 saturated heterocycles. The van der Waals surface area contributed by atoms with Crippen molar-refractivity contribution in [3.8, 4) is 0 Å². The molecule has 0 unspecified atom stereocenters. The number of aliphatic hydroxyl groups is 1. The molecule has 0 spiro atoms. The lowest BCUT2D eigenvalue weighted by Crippen LogP contribution is -2.48. The average Bonchev–Trinajstić information content (AvgIpc) is 2.40. The Hall–Kier alpha value is -0.860. The SMILES string of the molecule is CCCN1CCC[C@@](CO)(c2ccccc2)C1. The van der Waals surface area contributed by atoms with Crippen LogP contribution in [0.2, 0.25) is 0 Å². The Labute approximate surface area is 104 Å². The van der Waals surface area contributed by atoms with Gasteiger partial charge in [-0.1, -0.05) is 37.3 Å². The smallest absolute Gasteiger partial charge is 0.0540 e. The van der Waals surface area contributed by atoms with E-state index in [1.807, 2.05) is 6.07 Å². The van der Waals surface area contributed by atoms with Crippen molar-refractivity contribution in [1.29, 1.82) is 0 Å². The molecule has 0 aromatic heterocycles. The summed E-state index contributed by atoms with van der Waals surface area (Å²) in [4.78, 5) is 2.49. The van der Waals surface area contributed by atoms with E-state index in [4.69, 9.17) is 0 Å². The summed E-state index contributed by atoms with van der Waals surface area (Å²) < 4.78 is 0. The Morgan fingerprint density at radius 3 is 2.71 bits per heavy atom. The van der Waals surface area contributed by atoms with Gasteiger partial charge in [-0.05, 0) is 37.9 Å². The molecule has 2 heteroatoms. The van der Waals surface area contributed by atoms with Crippen LogP contribution < -0.4 is 0 Å². The van der Waals surface area contributed by atoms with Crippen molar-refractivity contribution >= 4 is 0 Å². The molecule has 0 amide bonds. The van der Waals surface area contributed by atoms with Crippen LogP contribution in [0.3, 0.4) is 0 Å². The fraction of sp³-hybridized carbons (Fsp3) is 0.600. The zero-order chi connectivity index (χ0) is 12.1. The van der Waals surface area contributed by atoms with Crippen LogP contribution in [-0.2, 0) is 5.41 Å². The van der Waals surface area contributed by atoms with Crippen LogP contribution in [0.5, 0.6) is 0 Å². The zero-order valence-corrected chi connectivity index (χ0v) is 10.7. The van der Waals surface area contributed by atoms with E-state index in [1.165, 1.54) is 24.9 Å². The van der Waals surface area contributed by atoms with Crippen LogP contribution in [0.1, 0.15) is 31.7 Å². The molecule has 1 aromatic rings. The van der Waals surface area contributed by atoms with Gasteiger partial charge in [-0.3, -0.25) is 0 Å². The van der Waals surface area contributed by atoms with E-state index in [9.17, 15) is 5.11 Å². The van der Waals surface area contributed by atoms with Crippen LogP contribution in [0.4, 0.5) is 0 Å². The van der Waals surface area contributed by atoms with Crippen LogP contribution in [-0.4, -0.2) is 36.2 Å². The van der Waals surface area contributed by atoms with Gasteiger partial charge >= 0.3 is 0 Å². The van der Waals surface area contributed by atoms with Crippen LogP contribution >= 0.6 is 0 Å². The van der Waals surface area contributed by atoms with Gasteiger partial charge in [-0.15, -0.1) is 0 Å². The summed E-state index contributed by atoms with van der Waals surface area (Å²) in [5.74, 6) is 0. The maximum atomic E-state index is 9.85. The normalized spacial score (nSPS) is 26.0. The Balaban J connectivity index is 2.19. The second kappa shape index (κ2) is 5.65. The van der Waals surface area contributed by atoms with Gasteiger partial charge < -0.3 is 10.0 Å². The van der Waals surface area contributed by atoms with Crippen molar-refractivity contribution in [2.75, 3.05) is 26.2 Å². The van der Waals surface area contributed by atoms with Crippen molar-refractivity contribution in [2.45, 2.75) is 31.6 Å². The Morgan fingerprint density at radius 1 is 1.29 bits per heavy atom. The minimum Gasteiger partial charge on any atom is -0.395 e. The summed E-state index contributed by atoms with van der Waals surface area (Å²) in [7, 11) is 0. The number of rotatable bonds is 4. The second-order valence-electron chi connectivity index (χ2n) is 5.18. The number of piperidine rings is 1. The molecule has 1 aliphatic heterocycles. The number of nitrogens with zero attached hydrogens (tertiary/aromatic N) is 1. The standard InChI is InChI=1S/C15H23NO/c1-2-10-16-11-6-9-15(12-16,13-17)14-7-4-3-5-8-14/h3-5,7-8,17H,2,6,9-13H2,1H3/t15-/m1/s1. The highest BCUT2D eigenvalue weighted by Crippen LogP contribution is 2.33. The molecule has 2 rings (SSSR count). The van der Waals surface area contributed by atoms with Gasteiger partial charge in [0.1, 0.15) is 0 Å². The predicted molar refractivity (Wildman–Crippen MR) is 71.2 cm³/mol. The summed E-state index contributed by atoms with van der Waals surface area (Å²) in [6.45, 7) is 5.81. The molecule has 1 aliphatic rings. The van der Waals surface area contributed by atoms with E-state index in [0.29, 0.717) is 0 Å². The highest BCUT2D eigenvalue weighted by atomic mass is 16.3. The highest BCUT2D eigenvalue weighted by molar-refractivity contribution is 5.27. The number of hydrogen-bond donors (Lipinski definition) is 1. The lowest BCUT2D eigenvalue weighted by molar-refractivity contribution is 0.0894. The number of aliphatic hydroxyl groups excluding tert-OH is 1. The highest BCUT2D eigenvalue weighted by Gasteiger charge is 2.36. The Bertz CT molecular complexity index is 336. The van der Waals surface area contributed by atoms with Crippen molar-refractivity contribution in [2.24, 2.45) is 0 Å². The van der Waals surface area contributed by atoms with Crippen molar-refractivity contribution in [1.82, 2.24) is 4.90 Å². The minimum absolute atomic E-state index is 0.0331. The first kappa shape index (κ1) is 12.6.